The van der Waals surface area contributed by atoms with Crippen LogP contribution in [0.3, 0.4) is 0 Å². The molecule has 1 heterocycles. The third-order valence-corrected chi connectivity index (χ3v) is 5.63. The van der Waals surface area contributed by atoms with Gasteiger partial charge in [0.05, 0.1) is 22.7 Å². The number of nitrogens with one attached hydrogen (secondary N) is 1. The average molecular weight is 467 g/mol. The molecule has 0 aliphatic rings. The first kappa shape index (κ1) is 23.1. The highest BCUT2D eigenvalue weighted by Crippen LogP contribution is 2.34. The van der Waals surface area contributed by atoms with Gasteiger partial charge in [-0.05, 0) is 56.7 Å². The number of fused-ring (bicyclic) bond motifs is 1. The predicted octanol–water partition coefficient (Wildman–Crippen LogP) is 6.37. The van der Waals surface area contributed by atoms with Crippen molar-refractivity contribution in [2.45, 2.75) is 26.8 Å². The molecule has 0 bridgehead atoms. The number of benzene rings is 3. The fraction of sp³-hybridized carbons (Fsp3) is 0.154. The number of carboxylic acids is 1. The fourth-order valence-corrected chi connectivity index (χ4v) is 3.99. The van der Waals surface area contributed by atoms with Crippen molar-refractivity contribution in [3.8, 4) is 11.3 Å². The van der Waals surface area contributed by atoms with E-state index in [-0.39, 0.29) is 39.0 Å². The molecule has 5 nitrogen and oxygen atoms in total. The lowest BCUT2D eigenvalue weighted by Gasteiger charge is -2.20. The Labute approximate surface area is 192 Å². The number of carboxylic acid groups (broad SMARTS) is 1. The van der Waals surface area contributed by atoms with Gasteiger partial charge in [-0.25, -0.2) is 18.0 Å². The van der Waals surface area contributed by atoms with E-state index in [9.17, 15) is 27.9 Å². The van der Waals surface area contributed by atoms with Crippen molar-refractivity contribution >= 4 is 22.6 Å². The van der Waals surface area contributed by atoms with Gasteiger partial charge in [0.25, 0.3) is 0 Å². The van der Waals surface area contributed by atoms with Crippen LogP contribution in [0.15, 0.2) is 57.7 Å². The lowest BCUT2D eigenvalue weighted by Crippen LogP contribution is -2.14. The van der Waals surface area contributed by atoms with E-state index in [1.807, 2.05) is 0 Å². The van der Waals surface area contributed by atoms with Gasteiger partial charge in [0.15, 0.2) is 5.43 Å². The highest BCUT2D eigenvalue weighted by atomic mass is 19.1. The van der Waals surface area contributed by atoms with E-state index < -0.39 is 35.0 Å². The Hall–Kier alpha value is -4.07. The molecule has 174 valence electrons. The lowest BCUT2D eigenvalue weighted by molar-refractivity contribution is 0.0693. The summed E-state index contributed by atoms with van der Waals surface area (Å²) >= 11 is 0. The zero-order valence-corrected chi connectivity index (χ0v) is 18.5. The monoisotopic (exact) mass is 467 g/mol. The van der Waals surface area contributed by atoms with Crippen molar-refractivity contribution in [2.75, 3.05) is 5.32 Å². The predicted molar refractivity (Wildman–Crippen MR) is 123 cm³/mol. The number of aromatic carboxylic acids is 1. The topological polar surface area (TPSA) is 79.5 Å². The Morgan fingerprint density at radius 1 is 1.03 bits per heavy atom. The van der Waals surface area contributed by atoms with E-state index in [1.165, 1.54) is 25.1 Å². The minimum absolute atomic E-state index is 0.0377. The van der Waals surface area contributed by atoms with Crippen LogP contribution in [0.1, 0.15) is 40.0 Å². The standard InChI is InChI=1S/C26H20F3NO4/c1-12-9-17(14(3)30-21-6-4-5-19(28)22(21)26(32)33)25-18(10-12)23(31)13(2)24(34-25)16-8-7-15(27)11-20(16)29/h4-11,14,30H,1-3H3,(H,32,33)/t14-/m1/s1. The molecule has 2 N–H and O–H groups in total. The summed E-state index contributed by atoms with van der Waals surface area (Å²) in [5.41, 5.74) is 0.628. The van der Waals surface area contributed by atoms with Crippen LogP contribution in [-0.4, -0.2) is 11.1 Å². The summed E-state index contributed by atoms with van der Waals surface area (Å²) in [5, 5.41) is 12.6. The highest BCUT2D eigenvalue weighted by molar-refractivity contribution is 5.94. The Morgan fingerprint density at radius 2 is 1.76 bits per heavy atom. The van der Waals surface area contributed by atoms with Crippen LogP contribution >= 0.6 is 0 Å². The van der Waals surface area contributed by atoms with E-state index in [1.54, 1.807) is 26.0 Å². The summed E-state index contributed by atoms with van der Waals surface area (Å²) in [5.74, 6) is -4.01. The van der Waals surface area contributed by atoms with Crippen molar-refractivity contribution in [1.82, 2.24) is 0 Å². The highest BCUT2D eigenvalue weighted by Gasteiger charge is 2.22. The molecule has 3 aromatic carbocycles. The summed E-state index contributed by atoms with van der Waals surface area (Å²) in [6.45, 7) is 4.98. The second-order valence-corrected chi connectivity index (χ2v) is 8.07. The van der Waals surface area contributed by atoms with Crippen LogP contribution in [0.5, 0.6) is 0 Å². The lowest BCUT2D eigenvalue weighted by atomic mass is 9.98. The van der Waals surface area contributed by atoms with Gasteiger partial charge in [-0.3, -0.25) is 4.79 Å². The number of hydrogen-bond donors (Lipinski definition) is 2. The van der Waals surface area contributed by atoms with Crippen molar-refractivity contribution in [3.05, 3.63) is 98.5 Å². The first-order valence-corrected chi connectivity index (χ1v) is 10.4. The molecular weight excluding hydrogens is 447 g/mol. The molecule has 0 unspecified atom stereocenters. The quantitative estimate of drug-likeness (QED) is 0.357. The number of anilines is 1. The van der Waals surface area contributed by atoms with E-state index in [0.717, 1.165) is 17.7 Å². The summed E-state index contributed by atoms with van der Waals surface area (Å²) in [7, 11) is 0. The Balaban J connectivity index is 1.92. The maximum Gasteiger partial charge on any atom is 0.340 e. The third kappa shape index (κ3) is 4.03. The third-order valence-electron chi connectivity index (χ3n) is 5.63. The average Bonchev–Trinajstić information content (AvgIpc) is 2.76. The molecule has 4 rings (SSSR count). The fourth-order valence-electron chi connectivity index (χ4n) is 3.99. The summed E-state index contributed by atoms with van der Waals surface area (Å²) in [4.78, 5) is 24.7. The van der Waals surface area contributed by atoms with Crippen LogP contribution in [0, 0.1) is 31.3 Å². The van der Waals surface area contributed by atoms with Crippen LogP contribution in [0.25, 0.3) is 22.3 Å². The molecule has 0 fully saturated rings. The zero-order chi connectivity index (χ0) is 24.7. The molecule has 0 aliphatic heterocycles. The molecule has 34 heavy (non-hydrogen) atoms. The number of carbonyl (C=O) groups is 1. The van der Waals surface area contributed by atoms with Crippen molar-refractivity contribution in [1.29, 1.82) is 0 Å². The maximum atomic E-state index is 14.5. The van der Waals surface area contributed by atoms with Crippen molar-refractivity contribution in [2.24, 2.45) is 0 Å². The zero-order valence-electron chi connectivity index (χ0n) is 18.5. The van der Waals surface area contributed by atoms with Gasteiger partial charge in [0.2, 0.25) is 0 Å². The molecule has 0 amide bonds. The molecule has 0 spiro atoms. The number of aryl methyl sites for hydroxylation is 1. The number of halogens is 3. The molecule has 0 radical (unpaired) electrons. The largest absolute Gasteiger partial charge is 0.478 e. The van der Waals surface area contributed by atoms with E-state index >= 15 is 0 Å². The van der Waals surface area contributed by atoms with Crippen LogP contribution < -0.4 is 10.7 Å². The molecule has 0 saturated carbocycles. The van der Waals surface area contributed by atoms with E-state index in [4.69, 9.17) is 4.42 Å². The van der Waals surface area contributed by atoms with Gasteiger partial charge < -0.3 is 14.8 Å². The van der Waals surface area contributed by atoms with Gasteiger partial charge >= 0.3 is 5.97 Å². The van der Waals surface area contributed by atoms with Gasteiger partial charge in [0.1, 0.15) is 34.4 Å². The molecule has 4 aromatic rings. The SMILES string of the molecule is Cc1cc([C@@H](C)Nc2cccc(F)c2C(=O)O)c2oc(-c3ccc(F)cc3F)c(C)c(=O)c2c1. The van der Waals surface area contributed by atoms with Gasteiger partial charge in [0, 0.05) is 17.2 Å². The number of rotatable bonds is 5. The first-order chi connectivity index (χ1) is 16.1. The first-order valence-electron chi connectivity index (χ1n) is 10.4. The summed E-state index contributed by atoms with van der Waals surface area (Å²) in [6, 6.07) is 9.58. The van der Waals surface area contributed by atoms with E-state index in [0.29, 0.717) is 11.6 Å². The molecule has 1 atom stereocenters. The van der Waals surface area contributed by atoms with Crippen LogP contribution in [0.4, 0.5) is 18.9 Å². The smallest absolute Gasteiger partial charge is 0.340 e. The Kier molecular flexibility index (Phi) is 5.91. The molecule has 0 aliphatic carbocycles. The minimum atomic E-state index is -1.43. The summed E-state index contributed by atoms with van der Waals surface area (Å²) < 4.78 is 48.1. The van der Waals surface area contributed by atoms with Gasteiger partial charge in [-0.2, -0.15) is 0 Å². The maximum absolute atomic E-state index is 14.5. The number of hydrogen-bond acceptors (Lipinski definition) is 4. The molecule has 1 aromatic heterocycles. The second-order valence-electron chi connectivity index (χ2n) is 8.07. The molecule has 8 heteroatoms. The Bertz CT molecular complexity index is 1510. The van der Waals surface area contributed by atoms with Crippen molar-refractivity contribution in [3.63, 3.8) is 0 Å². The van der Waals surface area contributed by atoms with E-state index in [2.05, 4.69) is 5.32 Å². The van der Waals surface area contributed by atoms with Crippen molar-refractivity contribution < 1.29 is 27.5 Å². The minimum Gasteiger partial charge on any atom is -0.478 e. The van der Waals surface area contributed by atoms with Crippen LogP contribution in [-0.2, 0) is 0 Å². The van der Waals surface area contributed by atoms with Gasteiger partial charge in [-0.1, -0.05) is 12.1 Å². The van der Waals surface area contributed by atoms with Crippen LogP contribution in [0.2, 0.25) is 0 Å². The molecule has 0 saturated heterocycles. The Morgan fingerprint density at radius 3 is 2.44 bits per heavy atom. The second kappa shape index (κ2) is 8.70. The normalized spacial score (nSPS) is 12.1. The molecular formula is C26H20F3NO4. The summed E-state index contributed by atoms with van der Waals surface area (Å²) in [6.07, 6.45) is 0. The van der Waals surface area contributed by atoms with Gasteiger partial charge in [-0.15, -0.1) is 0 Å².